The molecule has 11 nitrogen and oxygen atoms in total. The van der Waals surface area contributed by atoms with Gasteiger partial charge < -0.3 is 18.9 Å². The fraction of sp³-hybridized carbons (Fsp3) is 0.346. The summed E-state index contributed by atoms with van der Waals surface area (Å²) in [5.74, 6) is -0.249. The minimum Gasteiger partial charge on any atom is -0.488 e. The predicted octanol–water partition coefficient (Wildman–Crippen LogP) is 3.20. The number of ether oxygens (including phenoxy) is 2. The first-order chi connectivity index (χ1) is 18.7. The van der Waals surface area contributed by atoms with E-state index in [1.54, 1.807) is 35.2 Å². The number of aromatic nitrogens is 3. The maximum absolute atomic E-state index is 14.6. The van der Waals surface area contributed by atoms with E-state index in [0.29, 0.717) is 46.8 Å². The van der Waals surface area contributed by atoms with Gasteiger partial charge in [-0.1, -0.05) is 17.3 Å². The van der Waals surface area contributed by atoms with E-state index in [4.69, 9.17) is 14.0 Å². The van der Waals surface area contributed by atoms with Crippen molar-refractivity contribution in [2.45, 2.75) is 18.9 Å². The number of carbonyl (C=O) groups is 1. The number of likely N-dealkylation sites (tertiary alicyclic amines) is 1. The van der Waals surface area contributed by atoms with Gasteiger partial charge in [0.25, 0.3) is 5.91 Å². The molecule has 206 valence electrons. The lowest BCUT2D eigenvalue weighted by Gasteiger charge is -2.24. The van der Waals surface area contributed by atoms with E-state index in [1.807, 2.05) is 0 Å². The molecular formula is C26H28FN5O6S. The first kappa shape index (κ1) is 26.8. The maximum atomic E-state index is 14.6. The molecule has 13 heteroatoms. The second-order valence-electron chi connectivity index (χ2n) is 9.31. The fourth-order valence-corrected chi connectivity index (χ4v) is 5.08. The zero-order chi connectivity index (χ0) is 27.6. The highest BCUT2D eigenvalue weighted by atomic mass is 32.2. The Morgan fingerprint density at radius 3 is 2.77 bits per heavy atom. The highest BCUT2D eigenvalue weighted by Gasteiger charge is 2.30. The Morgan fingerprint density at radius 1 is 1.23 bits per heavy atom. The van der Waals surface area contributed by atoms with Crippen molar-refractivity contribution in [3.8, 4) is 28.5 Å². The number of H-pyrrole nitrogens is 1. The van der Waals surface area contributed by atoms with Gasteiger partial charge in [-0.05, 0) is 31.0 Å². The van der Waals surface area contributed by atoms with Crippen LogP contribution in [0.1, 0.15) is 23.2 Å². The molecule has 1 saturated heterocycles. The van der Waals surface area contributed by atoms with Crippen molar-refractivity contribution in [1.82, 2.24) is 25.0 Å². The van der Waals surface area contributed by atoms with Crippen molar-refractivity contribution in [1.29, 1.82) is 0 Å². The van der Waals surface area contributed by atoms with Crippen LogP contribution in [-0.2, 0) is 14.8 Å². The summed E-state index contributed by atoms with van der Waals surface area (Å²) in [6, 6.07) is 11.3. The van der Waals surface area contributed by atoms with Crippen LogP contribution >= 0.6 is 0 Å². The van der Waals surface area contributed by atoms with Crippen LogP contribution in [0.4, 0.5) is 4.39 Å². The Bertz CT molecular complexity index is 1580. The van der Waals surface area contributed by atoms with Crippen LogP contribution < -0.4 is 9.46 Å². The Balaban J connectivity index is 1.31. The van der Waals surface area contributed by atoms with Gasteiger partial charge in [-0.25, -0.2) is 17.5 Å². The molecular weight excluding hydrogens is 529 g/mol. The SMILES string of the molecule is COCCOc1cc2[nH]nc(-c3cc(-c4ccc(C(=O)N5CCC[C@@H]5CNS(C)(=O)=O)cc4)no3)c2cc1F. The molecule has 0 saturated carbocycles. The van der Waals surface area contributed by atoms with Gasteiger partial charge in [-0.2, -0.15) is 5.10 Å². The average Bonchev–Trinajstić information content (AvgIpc) is 3.66. The molecule has 0 radical (unpaired) electrons. The Labute approximate surface area is 224 Å². The van der Waals surface area contributed by atoms with Crippen LogP contribution in [0.15, 0.2) is 47.0 Å². The molecule has 1 atom stereocenters. The monoisotopic (exact) mass is 557 g/mol. The summed E-state index contributed by atoms with van der Waals surface area (Å²) in [6.45, 7) is 1.32. The Hall–Kier alpha value is -3.81. The third kappa shape index (κ3) is 5.95. The van der Waals surface area contributed by atoms with Crippen molar-refractivity contribution in [2.24, 2.45) is 0 Å². The molecule has 5 rings (SSSR count). The van der Waals surface area contributed by atoms with Crippen LogP contribution in [0.3, 0.4) is 0 Å². The largest absolute Gasteiger partial charge is 0.488 e. The van der Waals surface area contributed by atoms with Gasteiger partial charge in [-0.15, -0.1) is 0 Å². The second kappa shape index (κ2) is 11.1. The first-order valence-electron chi connectivity index (χ1n) is 12.4. The van der Waals surface area contributed by atoms with E-state index in [9.17, 15) is 17.6 Å². The van der Waals surface area contributed by atoms with Crippen LogP contribution in [0.25, 0.3) is 33.6 Å². The molecule has 1 aliphatic heterocycles. The van der Waals surface area contributed by atoms with Crippen molar-refractivity contribution < 1.29 is 31.6 Å². The number of hydrogen-bond donors (Lipinski definition) is 2. The lowest BCUT2D eigenvalue weighted by atomic mass is 10.1. The number of amides is 1. The fourth-order valence-electron chi connectivity index (χ4n) is 4.59. The molecule has 0 aliphatic carbocycles. The van der Waals surface area contributed by atoms with Gasteiger partial charge in [0.1, 0.15) is 18.0 Å². The van der Waals surface area contributed by atoms with Gasteiger partial charge in [0, 0.05) is 54.9 Å². The summed E-state index contributed by atoms with van der Waals surface area (Å²) in [6.07, 6.45) is 2.66. The number of methoxy groups -OCH3 is 1. The molecule has 1 fully saturated rings. The van der Waals surface area contributed by atoms with Crippen molar-refractivity contribution in [3.63, 3.8) is 0 Å². The van der Waals surface area contributed by atoms with Crippen LogP contribution in [0.5, 0.6) is 5.75 Å². The van der Waals surface area contributed by atoms with Crippen LogP contribution in [-0.4, -0.2) is 80.3 Å². The molecule has 0 bridgehead atoms. The van der Waals surface area contributed by atoms with Crippen LogP contribution in [0.2, 0.25) is 0 Å². The third-order valence-electron chi connectivity index (χ3n) is 6.55. The molecule has 2 aromatic heterocycles. The average molecular weight is 558 g/mol. The second-order valence-corrected chi connectivity index (χ2v) is 11.1. The highest BCUT2D eigenvalue weighted by Crippen LogP contribution is 2.33. The molecule has 39 heavy (non-hydrogen) atoms. The summed E-state index contributed by atoms with van der Waals surface area (Å²) in [5.41, 5.74) is 2.72. The summed E-state index contributed by atoms with van der Waals surface area (Å²) in [7, 11) is -1.80. The maximum Gasteiger partial charge on any atom is 0.254 e. The predicted molar refractivity (Wildman–Crippen MR) is 141 cm³/mol. The number of nitrogens with zero attached hydrogens (tertiary/aromatic N) is 3. The van der Waals surface area contributed by atoms with Gasteiger partial charge in [0.15, 0.2) is 17.3 Å². The molecule has 2 N–H and O–H groups in total. The molecule has 4 aromatic rings. The van der Waals surface area contributed by atoms with E-state index in [2.05, 4.69) is 20.1 Å². The number of halogens is 1. The van der Waals surface area contributed by atoms with Gasteiger partial charge in [-0.3, -0.25) is 9.89 Å². The van der Waals surface area contributed by atoms with Crippen molar-refractivity contribution in [3.05, 3.63) is 53.8 Å². The minimum atomic E-state index is -3.34. The molecule has 1 amide bonds. The third-order valence-corrected chi connectivity index (χ3v) is 7.24. The highest BCUT2D eigenvalue weighted by molar-refractivity contribution is 7.88. The first-order valence-corrected chi connectivity index (χ1v) is 14.2. The van der Waals surface area contributed by atoms with Gasteiger partial charge in [0.05, 0.1) is 18.4 Å². The van der Waals surface area contributed by atoms with Crippen LogP contribution in [0, 0.1) is 5.82 Å². The number of nitrogens with one attached hydrogen (secondary N) is 2. The normalized spacial score (nSPS) is 15.8. The molecule has 0 unspecified atom stereocenters. The lowest BCUT2D eigenvalue weighted by Crippen LogP contribution is -2.42. The molecule has 0 spiro atoms. The summed E-state index contributed by atoms with van der Waals surface area (Å²) >= 11 is 0. The van der Waals surface area contributed by atoms with Gasteiger partial charge in [0.2, 0.25) is 10.0 Å². The van der Waals surface area contributed by atoms with Crippen molar-refractivity contribution in [2.75, 3.05) is 39.7 Å². The van der Waals surface area contributed by atoms with E-state index in [0.717, 1.165) is 24.7 Å². The molecule has 1 aliphatic rings. The van der Waals surface area contributed by atoms with E-state index >= 15 is 0 Å². The topological polar surface area (TPSA) is 140 Å². The number of sulfonamides is 1. The Kier molecular flexibility index (Phi) is 7.64. The number of aromatic amines is 1. The zero-order valence-electron chi connectivity index (χ0n) is 21.4. The Morgan fingerprint density at radius 2 is 2.03 bits per heavy atom. The lowest BCUT2D eigenvalue weighted by molar-refractivity contribution is 0.0739. The number of benzene rings is 2. The van der Waals surface area contributed by atoms with E-state index in [-0.39, 0.29) is 30.9 Å². The number of fused-ring (bicyclic) bond motifs is 1. The molecule has 3 heterocycles. The van der Waals surface area contributed by atoms with Crippen molar-refractivity contribution >= 4 is 26.8 Å². The quantitative estimate of drug-likeness (QED) is 0.284. The van der Waals surface area contributed by atoms with E-state index < -0.39 is 15.8 Å². The smallest absolute Gasteiger partial charge is 0.254 e. The number of carbonyl (C=O) groups excluding carboxylic acids is 1. The number of hydrogen-bond acceptors (Lipinski definition) is 8. The summed E-state index contributed by atoms with van der Waals surface area (Å²) in [4.78, 5) is 14.8. The number of rotatable bonds is 10. The minimum absolute atomic E-state index is 0.0922. The summed E-state index contributed by atoms with van der Waals surface area (Å²) in [5, 5.41) is 11.8. The molecule has 2 aromatic carbocycles. The zero-order valence-corrected chi connectivity index (χ0v) is 22.3. The summed E-state index contributed by atoms with van der Waals surface area (Å²) < 4.78 is 55.9. The van der Waals surface area contributed by atoms with E-state index in [1.165, 1.54) is 19.2 Å². The van der Waals surface area contributed by atoms with Gasteiger partial charge >= 0.3 is 0 Å². The standard InChI is InChI=1S/C26H28FN5O6S/c1-36-10-11-37-23-14-22-19(12-20(23)27)25(30-29-22)24-13-21(31-38-24)16-5-7-17(8-6-16)26(33)32-9-3-4-18(32)15-28-39(2,34)35/h5-8,12-14,18,28H,3-4,9-11,15H2,1-2H3,(H,29,30)/t18-/m1/s1.